The van der Waals surface area contributed by atoms with Crippen molar-refractivity contribution in [3.05, 3.63) is 53.7 Å². The highest BCUT2D eigenvalue weighted by Crippen LogP contribution is 2.09. The fourth-order valence-corrected chi connectivity index (χ4v) is 1.78. The van der Waals surface area contributed by atoms with Crippen molar-refractivity contribution >= 4 is 34.7 Å². The van der Waals surface area contributed by atoms with Crippen LogP contribution in [0, 0.1) is 0 Å². The van der Waals surface area contributed by atoms with Crippen molar-refractivity contribution in [1.29, 1.82) is 0 Å². The highest BCUT2D eigenvalue weighted by atomic mass is 35.5. The summed E-state index contributed by atoms with van der Waals surface area (Å²) in [5.41, 5.74) is 0. The molecule has 0 aliphatic rings. The van der Waals surface area contributed by atoms with Gasteiger partial charge in [0.2, 0.25) is 0 Å². The van der Waals surface area contributed by atoms with Gasteiger partial charge in [-0.3, -0.25) is 0 Å². The first-order chi connectivity index (χ1) is 9.74. The summed E-state index contributed by atoms with van der Waals surface area (Å²) in [6, 6.07) is 13.1. The molecule has 0 aliphatic carbocycles. The second-order valence-electron chi connectivity index (χ2n) is 3.90. The monoisotopic (exact) mass is 307 g/mol. The lowest BCUT2D eigenvalue weighted by molar-refractivity contribution is 0.323. The van der Waals surface area contributed by atoms with Crippen molar-refractivity contribution in [2.24, 2.45) is 0 Å². The van der Waals surface area contributed by atoms with E-state index in [0.717, 1.165) is 5.75 Å². The Bertz CT molecular complexity index is 548. The quantitative estimate of drug-likeness (QED) is 0.656. The highest BCUT2D eigenvalue weighted by Gasteiger charge is 1.98. The fourth-order valence-electron chi connectivity index (χ4n) is 1.46. The molecule has 0 radical (unpaired) electrons. The van der Waals surface area contributed by atoms with Crippen LogP contribution in [0.25, 0.3) is 0 Å². The standard InChI is InChI=1S/C14H14ClN3OS/c15-11-6-7-13(17-10-11)18-14(20)16-8-9-19-12-4-2-1-3-5-12/h1-7,10H,8-9H2,(H2,16,17,18,20). The van der Waals surface area contributed by atoms with E-state index in [-0.39, 0.29) is 0 Å². The van der Waals surface area contributed by atoms with Gasteiger partial charge in [-0.25, -0.2) is 4.98 Å². The summed E-state index contributed by atoms with van der Waals surface area (Å²) in [7, 11) is 0. The third kappa shape index (κ3) is 5.03. The summed E-state index contributed by atoms with van der Waals surface area (Å²) in [6.07, 6.45) is 1.56. The number of hydrogen-bond acceptors (Lipinski definition) is 3. The average molecular weight is 308 g/mol. The number of ether oxygens (including phenoxy) is 1. The molecule has 1 heterocycles. The highest BCUT2D eigenvalue weighted by molar-refractivity contribution is 7.80. The smallest absolute Gasteiger partial charge is 0.172 e. The van der Waals surface area contributed by atoms with Gasteiger partial charge in [-0.05, 0) is 36.5 Å². The molecule has 0 saturated heterocycles. The van der Waals surface area contributed by atoms with Crippen molar-refractivity contribution in [3.8, 4) is 5.75 Å². The van der Waals surface area contributed by atoms with Gasteiger partial charge in [0.05, 0.1) is 11.6 Å². The minimum Gasteiger partial charge on any atom is -0.492 e. The molecule has 0 spiro atoms. The summed E-state index contributed by atoms with van der Waals surface area (Å²) in [4.78, 5) is 4.09. The Labute approximate surface area is 128 Å². The van der Waals surface area contributed by atoms with E-state index in [1.807, 2.05) is 30.3 Å². The normalized spacial score (nSPS) is 9.85. The lowest BCUT2D eigenvalue weighted by atomic mass is 10.3. The molecule has 6 heteroatoms. The van der Waals surface area contributed by atoms with Gasteiger partial charge in [0.1, 0.15) is 18.2 Å². The zero-order valence-corrected chi connectivity index (χ0v) is 12.2. The zero-order chi connectivity index (χ0) is 14.2. The number of aromatic nitrogens is 1. The van der Waals surface area contributed by atoms with Gasteiger partial charge in [-0.1, -0.05) is 29.8 Å². The molecule has 0 saturated carbocycles. The van der Waals surface area contributed by atoms with Crippen molar-refractivity contribution in [1.82, 2.24) is 10.3 Å². The fraction of sp³-hybridized carbons (Fsp3) is 0.143. The van der Waals surface area contributed by atoms with Crippen LogP contribution in [0.15, 0.2) is 48.7 Å². The van der Waals surface area contributed by atoms with Crippen LogP contribution in [-0.4, -0.2) is 23.2 Å². The Hall–Kier alpha value is -1.85. The van der Waals surface area contributed by atoms with Gasteiger partial charge in [-0.2, -0.15) is 0 Å². The molecule has 2 rings (SSSR count). The predicted octanol–water partition coefficient (Wildman–Crippen LogP) is 3.10. The van der Waals surface area contributed by atoms with Crippen LogP contribution in [0.2, 0.25) is 5.02 Å². The minimum absolute atomic E-state index is 0.497. The van der Waals surface area contributed by atoms with Crippen LogP contribution in [-0.2, 0) is 0 Å². The summed E-state index contributed by atoms with van der Waals surface area (Å²) >= 11 is 10.9. The van der Waals surface area contributed by atoms with E-state index in [0.29, 0.717) is 29.1 Å². The molecule has 0 bridgehead atoms. The number of halogens is 1. The predicted molar refractivity (Wildman–Crippen MR) is 85.4 cm³/mol. The van der Waals surface area contributed by atoms with Crippen LogP contribution in [0.5, 0.6) is 5.75 Å². The Kier molecular flexibility index (Phi) is 5.58. The Morgan fingerprint density at radius 2 is 2.00 bits per heavy atom. The molecule has 1 aromatic heterocycles. The number of hydrogen-bond donors (Lipinski definition) is 2. The van der Waals surface area contributed by atoms with Gasteiger partial charge in [0, 0.05) is 6.20 Å². The first kappa shape index (κ1) is 14.6. The summed E-state index contributed by atoms with van der Waals surface area (Å²) < 4.78 is 5.54. The second-order valence-corrected chi connectivity index (χ2v) is 4.75. The Balaban J connectivity index is 1.66. The molecule has 2 aromatic rings. The summed E-state index contributed by atoms with van der Waals surface area (Å²) in [6.45, 7) is 1.13. The lowest BCUT2D eigenvalue weighted by Crippen LogP contribution is -2.32. The van der Waals surface area contributed by atoms with Gasteiger partial charge in [0.15, 0.2) is 5.11 Å². The number of thiocarbonyl (C=S) groups is 1. The number of nitrogens with zero attached hydrogens (tertiary/aromatic N) is 1. The molecule has 0 aliphatic heterocycles. The van der Waals surface area contributed by atoms with Crippen LogP contribution in [0.3, 0.4) is 0 Å². The summed E-state index contributed by atoms with van der Waals surface area (Å²) in [5.74, 6) is 1.49. The third-order valence-electron chi connectivity index (χ3n) is 2.37. The van der Waals surface area contributed by atoms with Crippen LogP contribution in [0.4, 0.5) is 5.82 Å². The number of benzene rings is 1. The molecule has 0 unspecified atom stereocenters. The van der Waals surface area contributed by atoms with Crippen molar-refractivity contribution in [2.45, 2.75) is 0 Å². The van der Waals surface area contributed by atoms with Crippen molar-refractivity contribution in [2.75, 3.05) is 18.5 Å². The first-order valence-corrected chi connectivity index (χ1v) is 6.87. The molecule has 20 heavy (non-hydrogen) atoms. The molecular formula is C14H14ClN3OS. The number of pyridine rings is 1. The molecule has 1 aromatic carbocycles. The third-order valence-corrected chi connectivity index (χ3v) is 2.84. The molecule has 0 atom stereocenters. The van der Waals surface area contributed by atoms with Gasteiger partial charge < -0.3 is 15.4 Å². The molecule has 4 nitrogen and oxygen atoms in total. The second kappa shape index (κ2) is 7.67. The largest absolute Gasteiger partial charge is 0.492 e. The van der Waals surface area contributed by atoms with Gasteiger partial charge >= 0.3 is 0 Å². The van der Waals surface area contributed by atoms with E-state index in [2.05, 4.69) is 15.6 Å². The van der Waals surface area contributed by atoms with E-state index in [9.17, 15) is 0 Å². The molecule has 0 amide bonds. The topological polar surface area (TPSA) is 46.2 Å². The number of rotatable bonds is 5. The lowest BCUT2D eigenvalue weighted by Gasteiger charge is -2.10. The van der Waals surface area contributed by atoms with Crippen LogP contribution in [0.1, 0.15) is 0 Å². The molecule has 2 N–H and O–H groups in total. The maximum atomic E-state index is 5.75. The van der Waals surface area contributed by atoms with Crippen LogP contribution < -0.4 is 15.4 Å². The zero-order valence-electron chi connectivity index (χ0n) is 10.7. The van der Waals surface area contributed by atoms with E-state index in [1.54, 1.807) is 18.3 Å². The Morgan fingerprint density at radius 3 is 2.70 bits per heavy atom. The van der Waals surface area contributed by atoms with Crippen molar-refractivity contribution in [3.63, 3.8) is 0 Å². The Morgan fingerprint density at radius 1 is 1.20 bits per heavy atom. The van der Waals surface area contributed by atoms with E-state index < -0.39 is 0 Å². The number of nitrogens with one attached hydrogen (secondary N) is 2. The molecule has 104 valence electrons. The molecule has 0 fully saturated rings. The maximum absolute atomic E-state index is 5.75. The molecular weight excluding hydrogens is 294 g/mol. The first-order valence-electron chi connectivity index (χ1n) is 6.08. The number of anilines is 1. The minimum atomic E-state index is 0.497. The van der Waals surface area contributed by atoms with Gasteiger partial charge in [0.25, 0.3) is 0 Å². The van der Waals surface area contributed by atoms with Crippen LogP contribution >= 0.6 is 23.8 Å². The van der Waals surface area contributed by atoms with E-state index >= 15 is 0 Å². The van der Waals surface area contributed by atoms with Crippen molar-refractivity contribution < 1.29 is 4.74 Å². The summed E-state index contributed by atoms with van der Waals surface area (Å²) in [5, 5.41) is 7.09. The SMILES string of the molecule is S=C(NCCOc1ccccc1)Nc1ccc(Cl)cn1. The maximum Gasteiger partial charge on any atom is 0.172 e. The van der Waals surface area contributed by atoms with E-state index in [4.69, 9.17) is 28.6 Å². The average Bonchev–Trinajstić information content (AvgIpc) is 2.47. The van der Waals surface area contributed by atoms with Gasteiger partial charge in [-0.15, -0.1) is 0 Å². The van der Waals surface area contributed by atoms with E-state index in [1.165, 1.54) is 0 Å². The number of para-hydroxylation sites is 1.